The van der Waals surface area contributed by atoms with E-state index in [1.54, 1.807) is 44.4 Å². The maximum atomic E-state index is 12.7. The highest BCUT2D eigenvalue weighted by molar-refractivity contribution is 7.92. The number of nitrogens with zero attached hydrogens (tertiary/aromatic N) is 4. The Morgan fingerprint density at radius 1 is 1.07 bits per heavy atom. The summed E-state index contributed by atoms with van der Waals surface area (Å²) in [5.41, 5.74) is 2.77. The van der Waals surface area contributed by atoms with E-state index in [2.05, 4.69) is 20.2 Å². The molecule has 2 aromatic carbocycles. The van der Waals surface area contributed by atoms with E-state index in [4.69, 9.17) is 9.47 Å². The lowest BCUT2D eigenvalue weighted by Gasteiger charge is -2.13. The molecule has 0 radical (unpaired) electrons. The Kier molecular flexibility index (Phi) is 5.90. The molecular weight excluding hydrogens is 382 g/mol. The molecule has 0 saturated carbocycles. The van der Waals surface area contributed by atoms with Gasteiger partial charge in [0.05, 0.1) is 17.2 Å². The van der Waals surface area contributed by atoms with Crippen LogP contribution in [0.1, 0.15) is 11.1 Å². The monoisotopic (exact) mass is 403 g/mol. The molecule has 10 heteroatoms. The largest absolute Gasteiger partial charge is 0.491 e. The zero-order valence-electron chi connectivity index (χ0n) is 15.8. The summed E-state index contributed by atoms with van der Waals surface area (Å²) in [6.45, 7) is 4.51. The van der Waals surface area contributed by atoms with Gasteiger partial charge in [0.2, 0.25) is 0 Å². The van der Waals surface area contributed by atoms with E-state index >= 15 is 0 Å². The predicted octanol–water partition coefficient (Wildman–Crippen LogP) is 2.11. The molecule has 0 saturated heterocycles. The maximum Gasteiger partial charge on any atom is 0.261 e. The maximum absolute atomic E-state index is 12.7. The van der Waals surface area contributed by atoms with Crippen molar-refractivity contribution in [1.29, 1.82) is 0 Å². The molecule has 0 aliphatic carbocycles. The molecule has 0 atom stereocenters. The van der Waals surface area contributed by atoms with Crippen LogP contribution in [0.25, 0.3) is 5.69 Å². The SMILES string of the molecule is COCCOc1ccc(S(=O)(=O)Nc2ccc(-n3cnnn3)c(C)c2)cc1C. The van der Waals surface area contributed by atoms with E-state index in [1.807, 2.05) is 6.92 Å². The number of rotatable bonds is 8. The van der Waals surface area contributed by atoms with Crippen molar-refractivity contribution in [2.75, 3.05) is 25.0 Å². The first-order chi connectivity index (χ1) is 13.4. The first-order valence-electron chi connectivity index (χ1n) is 8.50. The van der Waals surface area contributed by atoms with Crippen molar-refractivity contribution in [2.45, 2.75) is 18.7 Å². The standard InChI is InChI=1S/C18H21N5O4S/c1-13-10-15(4-6-17(13)23-12-19-21-22-23)20-28(24,25)16-5-7-18(14(2)11-16)27-9-8-26-3/h4-7,10-12,20H,8-9H2,1-3H3. The second-order valence-electron chi connectivity index (χ2n) is 6.13. The second-order valence-corrected chi connectivity index (χ2v) is 7.81. The molecule has 0 unspecified atom stereocenters. The highest BCUT2D eigenvalue weighted by Crippen LogP contribution is 2.25. The van der Waals surface area contributed by atoms with Crippen LogP contribution < -0.4 is 9.46 Å². The van der Waals surface area contributed by atoms with Crippen LogP contribution in [-0.4, -0.2) is 48.9 Å². The van der Waals surface area contributed by atoms with Gasteiger partial charge in [-0.2, -0.15) is 0 Å². The van der Waals surface area contributed by atoms with Crippen LogP contribution in [0.5, 0.6) is 5.75 Å². The molecule has 0 bridgehead atoms. The molecule has 3 aromatic rings. The molecule has 0 amide bonds. The van der Waals surface area contributed by atoms with Crippen molar-refractivity contribution in [1.82, 2.24) is 20.2 Å². The summed E-state index contributed by atoms with van der Waals surface area (Å²) in [6.07, 6.45) is 1.48. The van der Waals surface area contributed by atoms with E-state index in [9.17, 15) is 8.42 Å². The van der Waals surface area contributed by atoms with Gasteiger partial charge in [0.15, 0.2) is 0 Å². The van der Waals surface area contributed by atoms with E-state index in [0.717, 1.165) is 16.8 Å². The van der Waals surface area contributed by atoms with Gasteiger partial charge in [0.1, 0.15) is 18.7 Å². The highest BCUT2D eigenvalue weighted by Gasteiger charge is 2.16. The lowest BCUT2D eigenvalue weighted by molar-refractivity contribution is 0.146. The van der Waals surface area contributed by atoms with E-state index < -0.39 is 10.0 Å². The summed E-state index contributed by atoms with van der Waals surface area (Å²) in [4.78, 5) is 0.159. The number of methoxy groups -OCH3 is 1. The van der Waals surface area contributed by atoms with Crippen molar-refractivity contribution in [3.8, 4) is 11.4 Å². The smallest absolute Gasteiger partial charge is 0.261 e. The van der Waals surface area contributed by atoms with Gasteiger partial charge in [0.25, 0.3) is 10.0 Å². The summed E-state index contributed by atoms with van der Waals surface area (Å²) in [7, 11) is -2.15. The Morgan fingerprint density at radius 2 is 1.89 bits per heavy atom. The Morgan fingerprint density at radius 3 is 2.54 bits per heavy atom. The molecule has 0 aliphatic heterocycles. The Bertz CT molecular complexity index is 1050. The number of sulfonamides is 1. The zero-order chi connectivity index (χ0) is 20.1. The molecule has 9 nitrogen and oxygen atoms in total. The van der Waals surface area contributed by atoms with Crippen LogP contribution in [0.4, 0.5) is 5.69 Å². The lowest BCUT2D eigenvalue weighted by Crippen LogP contribution is -2.14. The summed E-state index contributed by atoms with van der Waals surface area (Å²) in [6, 6.07) is 9.88. The number of benzene rings is 2. The number of anilines is 1. The first kappa shape index (κ1) is 19.8. The highest BCUT2D eigenvalue weighted by atomic mass is 32.2. The molecular formula is C18H21N5O4S. The fourth-order valence-corrected chi connectivity index (χ4v) is 3.78. The Hall–Kier alpha value is -2.98. The fourth-order valence-electron chi connectivity index (χ4n) is 2.65. The summed E-state index contributed by atoms with van der Waals surface area (Å²) >= 11 is 0. The van der Waals surface area contributed by atoms with Crippen LogP contribution >= 0.6 is 0 Å². The lowest BCUT2D eigenvalue weighted by atomic mass is 10.2. The number of aryl methyl sites for hydroxylation is 2. The van der Waals surface area contributed by atoms with E-state index in [-0.39, 0.29) is 4.90 Å². The number of ether oxygens (including phenoxy) is 2. The van der Waals surface area contributed by atoms with Gasteiger partial charge in [-0.25, -0.2) is 13.1 Å². The van der Waals surface area contributed by atoms with Gasteiger partial charge in [-0.1, -0.05) is 0 Å². The topological polar surface area (TPSA) is 108 Å². The number of nitrogens with one attached hydrogen (secondary N) is 1. The minimum atomic E-state index is -3.74. The molecule has 3 rings (SSSR count). The average Bonchev–Trinajstić information content (AvgIpc) is 3.17. The third kappa shape index (κ3) is 4.46. The quantitative estimate of drug-likeness (QED) is 0.574. The van der Waals surface area contributed by atoms with Gasteiger partial charge in [-0.3, -0.25) is 4.72 Å². The Labute approximate surface area is 163 Å². The van der Waals surface area contributed by atoms with E-state index in [0.29, 0.717) is 24.7 Å². The van der Waals surface area contributed by atoms with Gasteiger partial charge >= 0.3 is 0 Å². The van der Waals surface area contributed by atoms with Crippen molar-refractivity contribution in [3.63, 3.8) is 0 Å². The molecule has 0 fully saturated rings. The third-order valence-electron chi connectivity index (χ3n) is 4.05. The van der Waals surface area contributed by atoms with Gasteiger partial charge in [-0.15, -0.1) is 5.10 Å². The van der Waals surface area contributed by atoms with Crippen LogP contribution in [-0.2, 0) is 14.8 Å². The molecule has 1 heterocycles. The number of tetrazole rings is 1. The molecule has 148 valence electrons. The average molecular weight is 403 g/mol. The predicted molar refractivity (Wildman–Crippen MR) is 103 cm³/mol. The minimum Gasteiger partial charge on any atom is -0.491 e. The van der Waals surface area contributed by atoms with Crippen LogP contribution in [0.2, 0.25) is 0 Å². The van der Waals surface area contributed by atoms with Gasteiger partial charge in [0, 0.05) is 12.8 Å². The third-order valence-corrected chi connectivity index (χ3v) is 5.43. The van der Waals surface area contributed by atoms with Gasteiger partial charge in [-0.05, 0) is 71.8 Å². The minimum absolute atomic E-state index is 0.159. The summed E-state index contributed by atoms with van der Waals surface area (Å²) in [5, 5.41) is 11.0. The van der Waals surface area contributed by atoms with Crippen LogP contribution in [0, 0.1) is 13.8 Å². The van der Waals surface area contributed by atoms with E-state index in [1.165, 1.54) is 17.1 Å². The molecule has 28 heavy (non-hydrogen) atoms. The van der Waals surface area contributed by atoms with Crippen molar-refractivity contribution < 1.29 is 17.9 Å². The summed E-state index contributed by atoms with van der Waals surface area (Å²) < 4.78 is 40.1. The van der Waals surface area contributed by atoms with Crippen molar-refractivity contribution >= 4 is 15.7 Å². The van der Waals surface area contributed by atoms with Crippen molar-refractivity contribution in [2.24, 2.45) is 0 Å². The van der Waals surface area contributed by atoms with Crippen molar-refractivity contribution in [3.05, 3.63) is 53.9 Å². The van der Waals surface area contributed by atoms with Crippen LogP contribution in [0.15, 0.2) is 47.6 Å². The second kappa shape index (κ2) is 8.36. The van der Waals surface area contributed by atoms with Gasteiger partial charge < -0.3 is 9.47 Å². The molecule has 1 N–H and O–H groups in total. The zero-order valence-corrected chi connectivity index (χ0v) is 16.6. The molecule has 0 aliphatic rings. The summed E-state index contributed by atoms with van der Waals surface area (Å²) in [5.74, 6) is 0.623. The number of aromatic nitrogens is 4. The van der Waals surface area contributed by atoms with Crippen LogP contribution in [0.3, 0.4) is 0 Å². The first-order valence-corrected chi connectivity index (χ1v) is 9.98. The number of hydrogen-bond donors (Lipinski definition) is 1. The molecule has 1 aromatic heterocycles. The fraction of sp³-hybridized carbons (Fsp3) is 0.278. The number of hydrogen-bond acceptors (Lipinski definition) is 7. The molecule has 0 spiro atoms. The normalized spacial score (nSPS) is 11.4. The Balaban J connectivity index is 1.78.